The van der Waals surface area contributed by atoms with Crippen LogP contribution in [0.3, 0.4) is 0 Å². The number of nitro groups is 1. The second-order valence-electron chi connectivity index (χ2n) is 5.05. The van der Waals surface area contributed by atoms with Crippen LogP contribution in [0.1, 0.15) is 31.1 Å². The molecule has 1 amide bonds. The Kier molecular flexibility index (Phi) is 4.94. The average Bonchev–Trinajstić information content (AvgIpc) is 2.38. The smallest absolute Gasteiger partial charge is 0.294 e. The van der Waals surface area contributed by atoms with Crippen LogP contribution >= 0.6 is 11.6 Å². The minimum absolute atomic E-state index is 0.00196. The lowest BCUT2D eigenvalue weighted by atomic mass is 10.0. The summed E-state index contributed by atoms with van der Waals surface area (Å²) in [6.07, 6.45) is 0. The van der Waals surface area contributed by atoms with Gasteiger partial charge in [0.25, 0.3) is 11.6 Å². The van der Waals surface area contributed by atoms with Crippen molar-refractivity contribution in [3.63, 3.8) is 0 Å². The normalized spacial score (nSPS) is 12.3. The van der Waals surface area contributed by atoms with Crippen LogP contribution < -0.4 is 5.73 Å². The molecule has 0 aliphatic carbocycles. The third-order valence-corrected chi connectivity index (χ3v) is 3.76. The van der Waals surface area contributed by atoms with Crippen LogP contribution in [-0.2, 0) is 0 Å². The fourth-order valence-corrected chi connectivity index (χ4v) is 1.93. The standard InChI is InChI=1S/C13H18ClN3O3/c1-7(2)8(3)16(4)13(18)9-5-10(14)12(15)11(6-9)17(19)20/h5-8H,15H2,1-4H3. The second kappa shape index (κ2) is 6.09. The quantitative estimate of drug-likeness (QED) is 0.526. The third-order valence-electron chi connectivity index (χ3n) is 3.45. The lowest BCUT2D eigenvalue weighted by Gasteiger charge is -2.28. The SMILES string of the molecule is CC(C)C(C)N(C)C(=O)c1cc(Cl)c(N)c([N+](=O)[O-])c1. The van der Waals surface area contributed by atoms with Crippen molar-refractivity contribution < 1.29 is 9.72 Å². The monoisotopic (exact) mass is 299 g/mol. The molecule has 20 heavy (non-hydrogen) atoms. The van der Waals surface area contributed by atoms with E-state index in [4.69, 9.17) is 17.3 Å². The summed E-state index contributed by atoms with van der Waals surface area (Å²) in [7, 11) is 1.66. The molecule has 0 heterocycles. The van der Waals surface area contributed by atoms with Gasteiger partial charge in [0.2, 0.25) is 0 Å². The van der Waals surface area contributed by atoms with Crippen molar-refractivity contribution in [3.05, 3.63) is 32.8 Å². The largest absolute Gasteiger partial charge is 0.392 e. The van der Waals surface area contributed by atoms with Crippen molar-refractivity contribution in [2.24, 2.45) is 5.92 Å². The van der Waals surface area contributed by atoms with Crippen LogP contribution in [0.25, 0.3) is 0 Å². The fourth-order valence-electron chi connectivity index (χ4n) is 1.71. The Hall–Kier alpha value is -1.82. The molecule has 1 rings (SSSR count). The van der Waals surface area contributed by atoms with Crippen LogP contribution in [0.15, 0.2) is 12.1 Å². The van der Waals surface area contributed by atoms with Crippen molar-refractivity contribution in [2.75, 3.05) is 12.8 Å². The minimum atomic E-state index is -0.649. The molecule has 1 atom stereocenters. The summed E-state index contributed by atoms with van der Waals surface area (Å²) in [4.78, 5) is 24.1. The highest BCUT2D eigenvalue weighted by atomic mass is 35.5. The first-order valence-electron chi connectivity index (χ1n) is 6.17. The highest BCUT2D eigenvalue weighted by Gasteiger charge is 2.24. The number of carbonyl (C=O) groups is 1. The number of rotatable bonds is 4. The molecular formula is C13H18ClN3O3. The van der Waals surface area contributed by atoms with Gasteiger partial charge in [0.15, 0.2) is 0 Å². The van der Waals surface area contributed by atoms with Gasteiger partial charge in [-0.3, -0.25) is 14.9 Å². The van der Waals surface area contributed by atoms with E-state index in [2.05, 4.69) is 0 Å². The number of carbonyl (C=O) groups excluding carboxylic acids is 1. The van der Waals surface area contributed by atoms with Gasteiger partial charge in [-0.15, -0.1) is 0 Å². The molecule has 7 heteroatoms. The summed E-state index contributed by atoms with van der Waals surface area (Å²) in [6.45, 7) is 5.90. The highest BCUT2D eigenvalue weighted by Crippen LogP contribution is 2.31. The first-order valence-corrected chi connectivity index (χ1v) is 6.55. The van der Waals surface area contributed by atoms with Gasteiger partial charge >= 0.3 is 0 Å². The number of benzene rings is 1. The summed E-state index contributed by atoms with van der Waals surface area (Å²) in [5.41, 5.74) is 5.21. The highest BCUT2D eigenvalue weighted by molar-refractivity contribution is 6.34. The van der Waals surface area contributed by atoms with E-state index in [1.807, 2.05) is 20.8 Å². The van der Waals surface area contributed by atoms with Gasteiger partial charge in [0.1, 0.15) is 5.69 Å². The van der Waals surface area contributed by atoms with E-state index in [-0.39, 0.29) is 39.8 Å². The zero-order chi connectivity index (χ0) is 15.6. The molecule has 0 radical (unpaired) electrons. The van der Waals surface area contributed by atoms with Crippen molar-refractivity contribution in [1.29, 1.82) is 0 Å². The maximum absolute atomic E-state index is 12.3. The molecule has 1 aromatic carbocycles. The van der Waals surface area contributed by atoms with E-state index in [1.165, 1.54) is 11.0 Å². The summed E-state index contributed by atoms with van der Waals surface area (Å²) in [6, 6.07) is 2.51. The van der Waals surface area contributed by atoms with Crippen molar-refractivity contribution >= 4 is 28.9 Å². The molecule has 1 unspecified atom stereocenters. The molecule has 0 aliphatic heterocycles. The van der Waals surface area contributed by atoms with E-state index in [1.54, 1.807) is 7.05 Å². The summed E-state index contributed by atoms with van der Waals surface area (Å²) < 4.78 is 0. The maximum atomic E-state index is 12.3. The lowest BCUT2D eigenvalue weighted by Crippen LogP contribution is -2.38. The molecule has 0 saturated heterocycles. The van der Waals surface area contributed by atoms with Crippen LogP contribution in [0.2, 0.25) is 5.02 Å². The molecule has 0 saturated carbocycles. The Morgan fingerprint density at radius 3 is 2.40 bits per heavy atom. The summed E-state index contributed by atoms with van der Waals surface area (Å²) in [5, 5.41) is 10.9. The van der Waals surface area contributed by atoms with Crippen LogP contribution in [-0.4, -0.2) is 28.8 Å². The molecule has 0 fully saturated rings. The maximum Gasteiger partial charge on any atom is 0.294 e. The van der Waals surface area contributed by atoms with E-state index < -0.39 is 4.92 Å². The van der Waals surface area contributed by atoms with Crippen LogP contribution in [0.5, 0.6) is 0 Å². The van der Waals surface area contributed by atoms with Gasteiger partial charge < -0.3 is 10.6 Å². The number of hydrogen-bond acceptors (Lipinski definition) is 4. The molecule has 0 spiro atoms. The summed E-state index contributed by atoms with van der Waals surface area (Å²) in [5.74, 6) is -0.0561. The Labute approximate surface area is 122 Å². The molecule has 0 aliphatic rings. The minimum Gasteiger partial charge on any atom is -0.392 e. The van der Waals surface area contributed by atoms with E-state index in [0.29, 0.717) is 0 Å². The fraction of sp³-hybridized carbons (Fsp3) is 0.462. The van der Waals surface area contributed by atoms with Crippen LogP contribution in [0, 0.1) is 16.0 Å². The molecule has 1 aromatic rings. The molecule has 6 nitrogen and oxygen atoms in total. The number of hydrogen-bond donors (Lipinski definition) is 1. The van der Waals surface area contributed by atoms with Crippen molar-refractivity contribution in [3.8, 4) is 0 Å². The van der Waals surface area contributed by atoms with Crippen molar-refractivity contribution in [1.82, 2.24) is 4.90 Å². The van der Waals surface area contributed by atoms with Gasteiger partial charge in [-0.05, 0) is 18.9 Å². The number of amides is 1. The number of anilines is 1. The Morgan fingerprint density at radius 1 is 1.40 bits per heavy atom. The topological polar surface area (TPSA) is 89.5 Å². The van der Waals surface area contributed by atoms with E-state index in [9.17, 15) is 14.9 Å². The van der Waals surface area contributed by atoms with Gasteiger partial charge in [0.05, 0.1) is 9.95 Å². The number of nitrogen functional groups attached to an aromatic ring is 1. The third kappa shape index (κ3) is 3.19. The second-order valence-corrected chi connectivity index (χ2v) is 5.46. The van der Waals surface area contributed by atoms with Gasteiger partial charge in [-0.25, -0.2) is 0 Å². The van der Waals surface area contributed by atoms with Crippen LogP contribution in [0.4, 0.5) is 11.4 Å². The molecule has 0 aromatic heterocycles. The van der Waals surface area contributed by atoms with Gasteiger partial charge in [-0.2, -0.15) is 0 Å². The first kappa shape index (κ1) is 16.2. The average molecular weight is 300 g/mol. The zero-order valence-corrected chi connectivity index (χ0v) is 12.6. The molecule has 110 valence electrons. The number of nitro benzene ring substituents is 1. The Bertz CT molecular complexity index is 546. The van der Waals surface area contributed by atoms with Crippen molar-refractivity contribution in [2.45, 2.75) is 26.8 Å². The Balaban J connectivity index is 3.21. The van der Waals surface area contributed by atoms with Gasteiger partial charge in [0, 0.05) is 24.7 Å². The molecular weight excluding hydrogens is 282 g/mol. The number of halogens is 1. The molecule has 2 N–H and O–H groups in total. The Morgan fingerprint density at radius 2 is 1.95 bits per heavy atom. The van der Waals surface area contributed by atoms with E-state index >= 15 is 0 Å². The predicted molar refractivity (Wildman–Crippen MR) is 78.9 cm³/mol. The van der Waals surface area contributed by atoms with Gasteiger partial charge in [-0.1, -0.05) is 25.4 Å². The summed E-state index contributed by atoms with van der Waals surface area (Å²) >= 11 is 5.85. The zero-order valence-electron chi connectivity index (χ0n) is 11.9. The van der Waals surface area contributed by atoms with E-state index in [0.717, 1.165) is 6.07 Å². The number of nitrogens with two attached hydrogens (primary N) is 1. The first-order chi connectivity index (χ1) is 9.16. The molecule has 0 bridgehead atoms. The predicted octanol–water partition coefficient (Wildman–Crippen LogP) is 2.95. The number of nitrogens with zero attached hydrogens (tertiary/aromatic N) is 2. The lowest BCUT2D eigenvalue weighted by molar-refractivity contribution is -0.383.